The summed E-state index contributed by atoms with van der Waals surface area (Å²) in [4.78, 5) is 11.6. The quantitative estimate of drug-likeness (QED) is 0.662. The Morgan fingerprint density at radius 2 is 2.27 bits per heavy atom. The Morgan fingerprint density at radius 1 is 1.53 bits per heavy atom. The number of nitrogens with one attached hydrogen (secondary N) is 1. The number of hydrogen-bond donors (Lipinski definition) is 2. The van der Waals surface area contributed by atoms with E-state index in [1.807, 2.05) is 0 Å². The fraction of sp³-hybridized carbons (Fsp3) is 0.364. The molecule has 0 atom stereocenters. The van der Waals surface area contributed by atoms with E-state index in [2.05, 4.69) is 34.8 Å². The molecule has 0 aliphatic heterocycles. The number of unbranched alkanes of at least 4 members (excludes halogenated alkanes) is 1. The van der Waals surface area contributed by atoms with Gasteiger partial charge < -0.3 is 10.4 Å². The predicted molar refractivity (Wildman–Crippen MR) is 68.1 cm³/mol. The molecule has 3 nitrogen and oxygen atoms in total. The van der Waals surface area contributed by atoms with Gasteiger partial charge in [0.25, 0.3) is 5.91 Å². The molecule has 1 aromatic rings. The number of rotatable bonds is 4. The highest BCUT2D eigenvalue weighted by Gasteiger charge is 2.10. The van der Waals surface area contributed by atoms with Gasteiger partial charge in [0, 0.05) is 10.1 Å². The number of aromatic hydroxyl groups is 1. The van der Waals surface area contributed by atoms with Crippen LogP contribution >= 0.6 is 22.6 Å². The Morgan fingerprint density at radius 3 is 2.93 bits per heavy atom. The standard InChI is InChI=1S/C11H14INO2/c1-2-3-6-13-11(15)9-7-8(12)4-5-10(9)14/h4-5,7,14H,2-3,6H2,1H3,(H,13,15). The lowest BCUT2D eigenvalue weighted by Crippen LogP contribution is -2.24. The van der Waals surface area contributed by atoms with E-state index in [4.69, 9.17) is 0 Å². The maximum absolute atomic E-state index is 11.6. The van der Waals surface area contributed by atoms with Gasteiger partial charge in [0.05, 0.1) is 5.56 Å². The minimum atomic E-state index is -0.209. The molecule has 4 heteroatoms. The average molecular weight is 319 g/mol. The van der Waals surface area contributed by atoms with Gasteiger partial charge >= 0.3 is 0 Å². The maximum atomic E-state index is 11.6. The van der Waals surface area contributed by atoms with Crippen LogP contribution in [-0.2, 0) is 0 Å². The largest absolute Gasteiger partial charge is 0.507 e. The minimum absolute atomic E-state index is 0.0319. The van der Waals surface area contributed by atoms with Gasteiger partial charge in [-0.1, -0.05) is 13.3 Å². The highest BCUT2D eigenvalue weighted by atomic mass is 127. The molecule has 1 aromatic carbocycles. The fourth-order valence-corrected chi connectivity index (χ4v) is 1.66. The molecule has 0 unspecified atom stereocenters. The second kappa shape index (κ2) is 5.95. The van der Waals surface area contributed by atoms with E-state index in [1.165, 1.54) is 6.07 Å². The molecule has 2 N–H and O–H groups in total. The molecule has 0 radical (unpaired) electrons. The monoisotopic (exact) mass is 319 g/mol. The van der Waals surface area contributed by atoms with Crippen molar-refractivity contribution in [3.05, 3.63) is 27.3 Å². The van der Waals surface area contributed by atoms with Gasteiger partial charge in [0.1, 0.15) is 5.75 Å². The van der Waals surface area contributed by atoms with Crippen molar-refractivity contribution in [2.75, 3.05) is 6.54 Å². The van der Waals surface area contributed by atoms with Crippen LogP contribution in [0.4, 0.5) is 0 Å². The van der Waals surface area contributed by atoms with E-state index >= 15 is 0 Å². The van der Waals surface area contributed by atoms with E-state index in [0.717, 1.165) is 16.4 Å². The SMILES string of the molecule is CCCCNC(=O)c1cc(I)ccc1O. The topological polar surface area (TPSA) is 49.3 Å². The lowest BCUT2D eigenvalue weighted by molar-refractivity contribution is 0.0950. The molecule has 0 bridgehead atoms. The lowest BCUT2D eigenvalue weighted by atomic mass is 10.2. The zero-order valence-corrected chi connectivity index (χ0v) is 10.7. The average Bonchev–Trinajstić information content (AvgIpc) is 2.22. The summed E-state index contributed by atoms with van der Waals surface area (Å²) in [7, 11) is 0. The van der Waals surface area contributed by atoms with Crippen LogP contribution in [0.3, 0.4) is 0 Å². The van der Waals surface area contributed by atoms with Gasteiger partial charge in [-0.05, 0) is 47.2 Å². The number of carbonyl (C=O) groups excluding carboxylic acids is 1. The third kappa shape index (κ3) is 3.70. The van der Waals surface area contributed by atoms with Gasteiger partial charge in [-0.15, -0.1) is 0 Å². The van der Waals surface area contributed by atoms with Crippen LogP contribution in [0.5, 0.6) is 5.75 Å². The molecular weight excluding hydrogens is 305 g/mol. The van der Waals surface area contributed by atoms with Crippen LogP contribution in [0, 0.1) is 3.57 Å². The van der Waals surface area contributed by atoms with E-state index in [-0.39, 0.29) is 11.7 Å². The van der Waals surface area contributed by atoms with Gasteiger partial charge in [-0.25, -0.2) is 0 Å². The summed E-state index contributed by atoms with van der Waals surface area (Å²) in [5.41, 5.74) is 0.345. The van der Waals surface area contributed by atoms with E-state index in [9.17, 15) is 9.90 Å². The van der Waals surface area contributed by atoms with Crippen molar-refractivity contribution >= 4 is 28.5 Å². The Bertz CT molecular complexity index is 352. The van der Waals surface area contributed by atoms with Crippen LogP contribution in [0.25, 0.3) is 0 Å². The molecule has 0 aromatic heterocycles. The predicted octanol–water partition coefficient (Wildman–Crippen LogP) is 2.53. The van der Waals surface area contributed by atoms with Crippen LogP contribution in [-0.4, -0.2) is 17.6 Å². The first-order valence-corrected chi connectivity index (χ1v) is 5.99. The Balaban J connectivity index is 2.68. The Kier molecular flexibility index (Phi) is 4.87. The molecule has 0 fully saturated rings. The third-order valence-electron chi connectivity index (χ3n) is 2.02. The Labute approximate surface area is 103 Å². The zero-order valence-electron chi connectivity index (χ0n) is 8.59. The molecule has 0 saturated carbocycles. The molecule has 0 spiro atoms. The third-order valence-corrected chi connectivity index (χ3v) is 2.69. The van der Waals surface area contributed by atoms with Crippen molar-refractivity contribution < 1.29 is 9.90 Å². The number of hydrogen-bond acceptors (Lipinski definition) is 2. The highest BCUT2D eigenvalue weighted by Crippen LogP contribution is 2.19. The van der Waals surface area contributed by atoms with Crippen LogP contribution in [0.2, 0.25) is 0 Å². The number of carbonyl (C=O) groups is 1. The lowest BCUT2D eigenvalue weighted by Gasteiger charge is -2.06. The van der Waals surface area contributed by atoms with Crippen LogP contribution in [0.15, 0.2) is 18.2 Å². The smallest absolute Gasteiger partial charge is 0.255 e. The van der Waals surface area contributed by atoms with E-state index in [1.54, 1.807) is 12.1 Å². The molecule has 1 amide bonds. The first-order valence-electron chi connectivity index (χ1n) is 4.92. The Hall–Kier alpha value is -0.780. The van der Waals surface area contributed by atoms with E-state index < -0.39 is 0 Å². The number of halogens is 1. The normalized spacial score (nSPS) is 10.0. The molecule has 0 aliphatic carbocycles. The summed E-state index contributed by atoms with van der Waals surface area (Å²) in [5.74, 6) is -0.177. The van der Waals surface area contributed by atoms with Crippen molar-refractivity contribution in [1.82, 2.24) is 5.32 Å². The second-order valence-corrected chi connectivity index (χ2v) is 4.52. The van der Waals surface area contributed by atoms with Gasteiger partial charge in [0.2, 0.25) is 0 Å². The van der Waals surface area contributed by atoms with Gasteiger partial charge in [-0.3, -0.25) is 4.79 Å². The van der Waals surface area contributed by atoms with Gasteiger partial charge in [0.15, 0.2) is 0 Å². The number of phenolic OH excluding ortho intramolecular Hbond substituents is 1. The van der Waals surface area contributed by atoms with Crippen molar-refractivity contribution in [3.63, 3.8) is 0 Å². The molecule has 0 saturated heterocycles. The summed E-state index contributed by atoms with van der Waals surface area (Å²) in [6.45, 7) is 2.72. The van der Waals surface area contributed by atoms with Gasteiger partial charge in [-0.2, -0.15) is 0 Å². The summed E-state index contributed by atoms with van der Waals surface area (Å²) in [6.07, 6.45) is 2.00. The molecule has 0 aliphatic rings. The number of amides is 1. The van der Waals surface area contributed by atoms with Crippen molar-refractivity contribution in [2.45, 2.75) is 19.8 Å². The van der Waals surface area contributed by atoms with Crippen LogP contribution < -0.4 is 5.32 Å². The molecule has 82 valence electrons. The number of phenols is 1. The maximum Gasteiger partial charge on any atom is 0.255 e. The zero-order chi connectivity index (χ0) is 11.3. The second-order valence-electron chi connectivity index (χ2n) is 3.27. The van der Waals surface area contributed by atoms with E-state index in [0.29, 0.717) is 12.1 Å². The fourth-order valence-electron chi connectivity index (χ4n) is 1.16. The summed E-state index contributed by atoms with van der Waals surface area (Å²) in [5, 5.41) is 12.3. The molecule has 15 heavy (non-hydrogen) atoms. The minimum Gasteiger partial charge on any atom is -0.507 e. The van der Waals surface area contributed by atoms with Crippen molar-refractivity contribution in [1.29, 1.82) is 0 Å². The first kappa shape index (κ1) is 12.3. The molecule has 0 heterocycles. The highest BCUT2D eigenvalue weighted by molar-refractivity contribution is 14.1. The summed E-state index contributed by atoms with van der Waals surface area (Å²) >= 11 is 2.11. The number of benzene rings is 1. The summed E-state index contributed by atoms with van der Waals surface area (Å²) in [6, 6.07) is 4.98. The molecular formula is C11H14INO2. The summed E-state index contributed by atoms with van der Waals surface area (Å²) < 4.78 is 0.936. The molecule has 1 rings (SSSR count). The van der Waals surface area contributed by atoms with Crippen LogP contribution in [0.1, 0.15) is 30.1 Å². The van der Waals surface area contributed by atoms with Crippen molar-refractivity contribution in [2.24, 2.45) is 0 Å². The van der Waals surface area contributed by atoms with Crippen molar-refractivity contribution in [3.8, 4) is 5.75 Å². The first-order chi connectivity index (χ1) is 7.15.